The Labute approximate surface area is 123 Å². The maximum atomic E-state index is 11.9. The van der Waals surface area contributed by atoms with Crippen molar-refractivity contribution >= 4 is 17.4 Å². The lowest BCUT2D eigenvalue weighted by Gasteiger charge is -2.08. The molecule has 0 unspecified atom stereocenters. The van der Waals surface area contributed by atoms with Crippen LogP contribution in [-0.4, -0.2) is 29.5 Å². The van der Waals surface area contributed by atoms with Crippen LogP contribution < -0.4 is 15.4 Å². The van der Waals surface area contributed by atoms with Crippen LogP contribution in [0.15, 0.2) is 36.7 Å². The first-order valence-electron chi connectivity index (χ1n) is 6.74. The quantitative estimate of drug-likeness (QED) is 0.852. The minimum Gasteiger partial charge on any atom is -0.497 e. The summed E-state index contributed by atoms with van der Waals surface area (Å²) in [5, 5.41) is 5.90. The lowest BCUT2D eigenvalue weighted by molar-refractivity contribution is 0.0948. The van der Waals surface area contributed by atoms with Crippen LogP contribution in [0, 0.1) is 0 Å². The summed E-state index contributed by atoms with van der Waals surface area (Å²) in [6.07, 6.45) is 2.25. The number of ether oxygens (including phenoxy) is 1. The minimum atomic E-state index is -0.201. The summed E-state index contributed by atoms with van der Waals surface area (Å²) in [4.78, 5) is 19.9. The van der Waals surface area contributed by atoms with Gasteiger partial charge in [-0.1, -0.05) is 13.0 Å². The van der Waals surface area contributed by atoms with Gasteiger partial charge in [-0.05, 0) is 18.6 Å². The summed E-state index contributed by atoms with van der Waals surface area (Å²) in [7, 11) is 1.61. The zero-order chi connectivity index (χ0) is 15.1. The summed E-state index contributed by atoms with van der Waals surface area (Å²) in [5.41, 5.74) is 1.16. The Morgan fingerprint density at radius 3 is 2.90 bits per heavy atom. The van der Waals surface area contributed by atoms with Crippen molar-refractivity contribution in [1.82, 2.24) is 15.3 Å². The summed E-state index contributed by atoms with van der Waals surface area (Å²) in [6, 6.07) is 9.08. The van der Waals surface area contributed by atoms with Gasteiger partial charge in [-0.3, -0.25) is 4.79 Å². The first-order chi connectivity index (χ1) is 10.2. The van der Waals surface area contributed by atoms with E-state index >= 15 is 0 Å². The third-order valence-corrected chi connectivity index (χ3v) is 2.78. The van der Waals surface area contributed by atoms with Gasteiger partial charge in [0, 0.05) is 24.4 Å². The Bertz CT molecular complexity index is 616. The topological polar surface area (TPSA) is 76.1 Å². The Kier molecular flexibility index (Phi) is 5.09. The number of rotatable bonds is 6. The van der Waals surface area contributed by atoms with Crippen molar-refractivity contribution in [2.45, 2.75) is 13.3 Å². The molecule has 0 aliphatic heterocycles. The number of carbonyl (C=O) groups is 1. The molecule has 0 atom stereocenters. The number of nitrogens with one attached hydrogen (secondary N) is 2. The second-order valence-electron chi connectivity index (χ2n) is 4.40. The van der Waals surface area contributed by atoms with Crippen molar-refractivity contribution in [2.75, 3.05) is 19.0 Å². The second-order valence-corrected chi connectivity index (χ2v) is 4.40. The van der Waals surface area contributed by atoms with Crippen molar-refractivity contribution in [1.29, 1.82) is 0 Å². The van der Waals surface area contributed by atoms with Crippen LogP contribution >= 0.6 is 0 Å². The Morgan fingerprint density at radius 2 is 2.14 bits per heavy atom. The molecule has 0 saturated heterocycles. The van der Waals surface area contributed by atoms with Crippen LogP contribution in [0.1, 0.15) is 23.8 Å². The van der Waals surface area contributed by atoms with Crippen LogP contribution in [0.3, 0.4) is 0 Å². The Balaban J connectivity index is 2.11. The molecule has 0 aliphatic rings. The molecule has 0 saturated carbocycles. The van der Waals surface area contributed by atoms with E-state index in [1.54, 1.807) is 13.2 Å². The Hall–Kier alpha value is -2.63. The van der Waals surface area contributed by atoms with Gasteiger partial charge in [-0.25, -0.2) is 9.97 Å². The van der Waals surface area contributed by atoms with E-state index in [0.29, 0.717) is 18.1 Å². The van der Waals surface area contributed by atoms with Crippen molar-refractivity contribution in [3.63, 3.8) is 0 Å². The van der Waals surface area contributed by atoms with E-state index in [1.165, 1.54) is 6.33 Å². The average molecular weight is 286 g/mol. The first-order valence-corrected chi connectivity index (χ1v) is 6.74. The molecule has 2 aromatic rings. The minimum absolute atomic E-state index is 0.201. The van der Waals surface area contributed by atoms with E-state index in [4.69, 9.17) is 4.74 Å². The molecular formula is C15H18N4O2. The zero-order valence-corrected chi connectivity index (χ0v) is 12.1. The molecule has 0 spiro atoms. The number of benzene rings is 1. The average Bonchev–Trinajstić information content (AvgIpc) is 2.53. The van der Waals surface area contributed by atoms with E-state index in [1.807, 2.05) is 31.2 Å². The Morgan fingerprint density at radius 1 is 1.29 bits per heavy atom. The van der Waals surface area contributed by atoms with Crippen molar-refractivity contribution in [3.8, 4) is 5.75 Å². The van der Waals surface area contributed by atoms with Gasteiger partial charge in [0.2, 0.25) is 0 Å². The molecule has 2 N–H and O–H groups in total. The van der Waals surface area contributed by atoms with Crippen LogP contribution in [0.2, 0.25) is 0 Å². The summed E-state index contributed by atoms with van der Waals surface area (Å²) in [6.45, 7) is 2.62. The fraction of sp³-hybridized carbons (Fsp3) is 0.267. The van der Waals surface area contributed by atoms with Crippen LogP contribution in [0.5, 0.6) is 5.75 Å². The number of hydrogen-bond donors (Lipinski definition) is 2. The molecule has 21 heavy (non-hydrogen) atoms. The number of amides is 1. The van der Waals surface area contributed by atoms with Crippen molar-refractivity contribution in [2.24, 2.45) is 0 Å². The number of hydrogen-bond acceptors (Lipinski definition) is 5. The van der Waals surface area contributed by atoms with E-state index in [-0.39, 0.29) is 5.91 Å². The summed E-state index contributed by atoms with van der Waals surface area (Å²) < 4.78 is 5.16. The van der Waals surface area contributed by atoms with Gasteiger partial charge in [0.05, 0.1) is 7.11 Å². The highest BCUT2D eigenvalue weighted by Crippen LogP contribution is 2.20. The van der Waals surface area contributed by atoms with Crippen molar-refractivity contribution in [3.05, 3.63) is 42.4 Å². The third-order valence-electron chi connectivity index (χ3n) is 2.78. The fourth-order valence-electron chi connectivity index (χ4n) is 1.73. The van der Waals surface area contributed by atoms with Crippen molar-refractivity contribution < 1.29 is 9.53 Å². The number of nitrogens with zero attached hydrogens (tertiary/aromatic N) is 2. The molecule has 6 heteroatoms. The lowest BCUT2D eigenvalue weighted by atomic mass is 10.3. The van der Waals surface area contributed by atoms with Gasteiger partial charge in [0.1, 0.15) is 23.6 Å². The first kappa shape index (κ1) is 14.8. The smallest absolute Gasteiger partial charge is 0.270 e. The van der Waals surface area contributed by atoms with Gasteiger partial charge in [0.25, 0.3) is 5.91 Å². The molecule has 0 bridgehead atoms. The molecule has 2 rings (SSSR count). The van der Waals surface area contributed by atoms with E-state index in [9.17, 15) is 4.79 Å². The van der Waals surface area contributed by atoms with E-state index < -0.39 is 0 Å². The summed E-state index contributed by atoms with van der Waals surface area (Å²) >= 11 is 0. The maximum Gasteiger partial charge on any atom is 0.270 e. The molecule has 1 heterocycles. The summed E-state index contributed by atoms with van der Waals surface area (Å²) in [5.74, 6) is 1.10. The van der Waals surface area contributed by atoms with Crippen LogP contribution in [0.4, 0.5) is 11.5 Å². The van der Waals surface area contributed by atoms with E-state index in [2.05, 4.69) is 20.6 Å². The predicted molar refractivity (Wildman–Crippen MR) is 80.9 cm³/mol. The molecule has 1 aromatic carbocycles. The highest BCUT2D eigenvalue weighted by atomic mass is 16.5. The predicted octanol–water partition coefficient (Wildman–Crippen LogP) is 2.37. The molecule has 110 valence electrons. The lowest BCUT2D eigenvalue weighted by Crippen LogP contribution is -2.25. The zero-order valence-electron chi connectivity index (χ0n) is 12.1. The van der Waals surface area contributed by atoms with E-state index in [0.717, 1.165) is 17.9 Å². The molecule has 0 aliphatic carbocycles. The normalized spacial score (nSPS) is 10.0. The van der Waals surface area contributed by atoms with Gasteiger partial charge in [-0.2, -0.15) is 0 Å². The number of carbonyl (C=O) groups excluding carboxylic acids is 1. The monoisotopic (exact) mass is 286 g/mol. The van der Waals surface area contributed by atoms with Crippen LogP contribution in [-0.2, 0) is 0 Å². The third kappa shape index (κ3) is 4.17. The standard InChI is InChI=1S/C15H18N4O2/c1-3-7-16-15(20)13-9-14(18-10-17-13)19-11-5-4-6-12(8-11)21-2/h4-6,8-10H,3,7H2,1-2H3,(H,16,20)(H,17,18,19). The highest BCUT2D eigenvalue weighted by molar-refractivity contribution is 5.92. The largest absolute Gasteiger partial charge is 0.497 e. The molecule has 1 amide bonds. The molecule has 1 aromatic heterocycles. The SMILES string of the molecule is CCCNC(=O)c1cc(Nc2cccc(OC)c2)ncn1. The van der Waals surface area contributed by atoms with Gasteiger partial charge in [0.15, 0.2) is 0 Å². The molecular weight excluding hydrogens is 268 g/mol. The molecule has 6 nitrogen and oxygen atoms in total. The van der Waals surface area contributed by atoms with Crippen LogP contribution in [0.25, 0.3) is 0 Å². The molecule has 0 radical (unpaired) electrons. The number of aromatic nitrogens is 2. The second kappa shape index (κ2) is 7.23. The maximum absolute atomic E-state index is 11.9. The fourth-order valence-corrected chi connectivity index (χ4v) is 1.73. The van der Waals surface area contributed by atoms with Gasteiger partial charge < -0.3 is 15.4 Å². The van der Waals surface area contributed by atoms with Gasteiger partial charge >= 0.3 is 0 Å². The molecule has 0 fully saturated rings. The number of methoxy groups -OCH3 is 1. The number of anilines is 2. The van der Waals surface area contributed by atoms with Gasteiger partial charge in [-0.15, -0.1) is 0 Å². The highest BCUT2D eigenvalue weighted by Gasteiger charge is 2.08.